The molecule has 0 aromatic rings. The Morgan fingerprint density at radius 1 is 0.508 bits per heavy atom. The van der Waals surface area contributed by atoms with Crippen LogP contribution in [0.5, 0.6) is 0 Å². The van der Waals surface area contributed by atoms with Gasteiger partial charge in [-0.25, -0.2) is 4.79 Å². The van der Waals surface area contributed by atoms with E-state index in [9.17, 15) is 96.4 Å². The molecule has 0 aromatic carbocycles. The first-order valence-corrected chi connectivity index (χ1v) is 44.2. The fourth-order valence-electron chi connectivity index (χ4n) is 22.7. The van der Waals surface area contributed by atoms with Crippen molar-refractivity contribution in [2.75, 3.05) is 39.6 Å². The van der Waals surface area contributed by atoms with Gasteiger partial charge < -0.3 is 163 Å². The average molecular weight is 1720 g/mol. The molecule has 7 aliphatic heterocycles. The van der Waals surface area contributed by atoms with E-state index in [1.54, 1.807) is 13.8 Å². The molecular formula is C85H140O35. The number of fused-ring (bicyclic) bond motifs is 7. The van der Waals surface area contributed by atoms with Crippen LogP contribution < -0.4 is 0 Å². The molecule has 690 valence electrons. The molecule has 120 heavy (non-hydrogen) atoms. The van der Waals surface area contributed by atoms with Crippen LogP contribution in [0.25, 0.3) is 0 Å². The number of esters is 1. The number of unbranched alkanes of at least 4 members (excludes halogenated alkanes) is 13. The van der Waals surface area contributed by atoms with E-state index in [-0.39, 0.29) is 30.3 Å². The SMILES string of the molecule is CCCCCCCCCCCCCCCCO[C@@H]1[C@H](O)[C@@H](O[C@@H]2O[C@@H](C)[C@H](O[C@@H]3OC[C@@H](O)[C@H](O[C@H]4OC[C@H](O)[C@@]4(O)CO)[C@H]3O)[C@@H](O)[C@H]2O)[C@H](OC(=O)[C@]23CCC(C)(C)CC2C2=CCC4[C@@]5(C)CC[C@H](O[C@@H]6O[C@H](C(=O)O)[C@@H](O)[C@H](O[C@@H]7OC[C@@H](O)[C@H](O)[C@H]7O)[C@H]6O[C@@H]6O[C@H](CO)[C@H](O)[C@H](O)[C@H]6O)[C@@](C)(C=O)C5CC[C@@]4(C)[C@]2(C)CC3)O[C@@H]1C. The molecule has 0 radical (unpaired) electrons. The summed E-state index contributed by atoms with van der Waals surface area (Å²) in [5, 5.41) is 188. The van der Waals surface area contributed by atoms with Gasteiger partial charge in [-0.05, 0) is 124 Å². The Balaban J connectivity index is 0.770. The van der Waals surface area contributed by atoms with E-state index in [0.717, 1.165) is 37.5 Å². The zero-order chi connectivity index (χ0) is 87.1. The first-order chi connectivity index (χ1) is 56.8. The Morgan fingerprint density at radius 3 is 1.73 bits per heavy atom. The number of aliphatic hydroxyl groups is 16. The summed E-state index contributed by atoms with van der Waals surface area (Å²) in [6.07, 6.45) is -28.9. The topological polar surface area (TPSA) is 534 Å². The summed E-state index contributed by atoms with van der Waals surface area (Å²) in [7, 11) is 0. The summed E-state index contributed by atoms with van der Waals surface area (Å²) in [5.41, 5.74) is -5.65. The van der Waals surface area contributed by atoms with Gasteiger partial charge in [-0.3, -0.25) is 4.79 Å². The number of carbonyl (C=O) groups is 3. The molecule has 4 saturated carbocycles. The van der Waals surface area contributed by atoms with Gasteiger partial charge >= 0.3 is 11.9 Å². The molecule has 3 unspecified atom stereocenters. The lowest BCUT2D eigenvalue weighted by molar-refractivity contribution is -0.391. The highest BCUT2D eigenvalue weighted by Gasteiger charge is 2.72. The Labute approximate surface area is 701 Å². The van der Waals surface area contributed by atoms with Gasteiger partial charge in [0.05, 0.1) is 62.2 Å². The van der Waals surface area contributed by atoms with Crippen LogP contribution in [0, 0.1) is 50.2 Å². The molecule has 17 N–H and O–H groups in total. The summed E-state index contributed by atoms with van der Waals surface area (Å²) in [5.74, 6) is -3.20. The lowest BCUT2D eigenvalue weighted by atomic mass is 9.33. The van der Waals surface area contributed by atoms with Crippen LogP contribution in [-0.2, 0) is 85.4 Å². The monoisotopic (exact) mass is 1720 g/mol. The van der Waals surface area contributed by atoms with Crippen LogP contribution in [0.1, 0.15) is 216 Å². The molecule has 0 amide bonds. The maximum Gasteiger partial charge on any atom is 0.335 e. The van der Waals surface area contributed by atoms with Gasteiger partial charge in [0.25, 0.3) is 0 Å². The smallest absolute Gasteiger partial charge is 0.335 e. The van der Waals surface area contributed by atoms with Gasteiger partial charge in [0, 0.05) is 6.61 Å². The fourth-order valence-corrected chi connectivity index (χ4v) is 22.7. The van der Waals surface area contributed by atoms with Crippen molar-refractivity contribution in [3.8, 4) is 0 Å². The highest BCUT2D eigenvalue weighted by Crippen LogP contribution is 2.76. The van der Waals surface area contributed by atoms with Crippen molar-refractivity contribution in [2.24, 2.45) is 50.2 Å². The minimum atomic E-state index is -2.31. The number of rotatable bonds is 34. The summed E-state index contributed by atoms with van der Waals surface area (Å²) in [6, 6.07) is 0. The zero-order valence-corrected chi connectivity index (χ0v) is 70.9. The predicted octanol–water partition coefficient (Wildman–Crippen LogP) is 1.19. The van der Waals surface area contributed by atoms with E-state index >= 15 is 4.79 Å². The number of carboxylic acid groups (broad SMARTS) is 1. The average Bonchev–Trinajstić information content (AvgIpc) is 0.722. The first-order valence-electron chi connectivity index (χ1n) is 44.2. The Bertz CT molecular complexity index is 3360. The van der Waals surface area contributed by atoms with E-state index in [4.69, 9.17) is 71.1 Å². The Morgan fingerprint density at radius 2 is 1.08 bits per heavy atom. The van der Waals surface area contributed by atoms with Gasteiger partial charge in [0.1, 0.15) is 122 Å². The van der Waals surface area contributed by atoms with Crippen molar-refractivity contribution >= 4 is 18.2 Å². The number of aldehydes is 1. The third kappa shape index (κ3) is 18.8. The molecule has 12 rings (SSSR count). The number of hydrogen-bond donors (Lipinski definition) is 17. The number of aliphatic hydroxyl groups excluding tert-OH is 15. The lowest BCUT2D eigenvalue weighted by Gasteiger charge is -2.71. The maximum atomic E-state index is 16.2. The maximum absolute atomic E-state index is 16.2. The van der Waals surface area contributed by atoms with Crippen LogP contribution in [0.15, 0.2) is 11.6 Å². The van der Waals surface area contributed by atoms with Crippen molar-refractivity contribution in [1.82, 2.24) is 0 Å². The number of hydrogen-bond acceptors (Lipinski definition) is 34. The molecule has 35 nitrogen and oxygen atoms in total. The van der Waals surface area contributed by atoms with E-state index < -0.39 is 274 Å². The fraction of sp³-hybridized carbons (Fsp3) is 0.941. The third-order valence-electron chi connectivity index (χ3n) is 30.4. The minimum Gasteiger partial charge on any atom is -0.479 e. The van der Waals surface area contributed by atoms with Crippen LogP contribution in [0.3, 0.4) is 0 Å². The van der Waals surface area contributed by atoms with E-state index in [1.807, 2.05) is 0 Å². The van der Waals surface area contributed by atoms with Crippen molar-refractivity contribution in [3.05, 3.63) is 11.6 Å². The highest BCUT2D eigenvalue weighted by molar-refractivity contribution is 5.79. The molecule has 35 heteroatoms. The predicted molar refractivity (Wildman–Crippen MR) is 415 cm³/mol. The number of carboxylic acids is 1. The molecule has 0 aromatic heterocycles. The van der Waals surface area contributed by atoms with Gasteiger partial charge in [0.2, 0.25) is 6.29 Å². The number of allylic oxidation sites excluding steroid dienone is 2. The minimum absolute atomic E-state index is 0.0953. The number of carbonyl (C=O) groups excluding carboxylic acids is 2. The van der Waals surface area contributed by atoms with Crippen LogP contribution in [0.4, 0.5) is 0 Å². The molecule has 40 atom stereocenters. The van der Waals surface area contributed by atoms with Crippen LogP contribution >= 0.6 is 0 Å². The molecule has 11 fully saturated rings. The Hall–Kier alpha value is -2.85. The summed E-state index contributed by atoms with van der Waals surface area (Å²) in [6.45, 7) is 15.2. The number of ether oxygens (including phenoxy) is 15. The molecule has 7 heterocycles. The lowest BCUT2D eigenvalue weighted by Crippen LogP contribution is -2.68. The summed E-state index contributed by atoms with van der Waals surface area (Å²) < 4.78 is 92.3. The zero-order valence-electron chi connectivity index (χ0n) is 70.9. The summed E-state index contributed by atoms with van der Waals surface area (Å²) in [4.78, 5) is 43.6. The van der Waals surface area contributed by atoms with Gasteiger partial charge in [0.15, 0.2) is 55.5 Å². The second-order valence-electron chi connectivity index (χ2n) is 38.5. The number of aliphatic carboxylic acids is 1. The van der Waals surface area contributed by atoms with Crippen molar-refractivity contribution < 1.29 is 172 Å². The second kappa shape index (κ2) is 39.6. The van der Waals surface area contributed by atoms with E-state index in [2.05, 4.69) is 47.6 Å². The van der Waals surface area contributed by atoms with Crippen molar-refractivity contribution in [3.63, 3.8) is 0 Å². The van der Waals surface area contributed by atoms with Crippen molar-refractivity contribution in [1.29, 1.82) is 0 Å². The molecule has 7 saturated heterocycles. The van der Waals surface area contributed by atoms with Gasteiger partial charge in [-0.1, -0.05) is 144 Å². The van der Waals surface area contributed by atoms with Gasteiger partial charge in [-0.2, -0.15) is 0 Å². The normalized spacial score (nSPS) is 49.0. The van der Waals surface area contributed by atoms with Crippen molar-refractivity contribution in [2.45, 2.75) is 413 Å². The quantitative estimate of drug-likeness (QED) is 0.0141. The molecule has 5 aliphatic carbocycles. The molecule has 0 spiro atoms. The molecular weight excluding hydrogens is 1580 g/mol. The third-order valence-corrected chi connectivity index (χ3v) is 30.4. The van der Waals surface area contributed by atoms with E-state index in [1.165, 1.54) is 64.7 Å². The van der Waals surface area contributed by atoms with Crippen LogP contribution in [0.2, 0.25) is 0 Å². The van der Waals surface area contributed by atoms with Gasteiger partial charge in [-0.15, -0.1) is 0 Å². The standard InChI is InChI=1S/C85H140O35/c1-10-11-12-13-14-15-16-17-18-19-20-21-22-23-34-106-63-42(2)111-75(68(60(63)99)117-73-59(98)56(95)64(43(3)110-73)114-72-62(101)65(47(90)38-108-72)119-78-85(105,41-88)51(91)39-109-78)120-77(104)84-32-30-79(4,5)35-45(84)44-24-25-50-80(6)28-27-52(81(7,40-87)49(80)26-29-83(50,9)82(44,8)31-33-84)113-76-69(118-74-58(97)55(94)54(93)48(36-86)112-74)66(61(100)67(116-76)70(102)103)115-71-57(96)53(92)46(89)37-107-71/h24,40,42-43,45-69,71-76,78,86,88-101,105H,10-23,25-39,41H2,1-9H3,(H,102,103)/t42-,43+,45?,46-,47-,48-,49?,50?,51+,52+,53+,54+,55+,56+,57-,58-,59-,60+,61+,62-,63+,64+,65+,66+,67+,68-,69-,71+,72+,73+,74+,75+,76-,78-,80+,81+,82-,83-,84+,85+/m1/s1. The molecule has 12 aliphatic rings. The first kappa shape index (κ1) is 96.2. The summed E-state index contributed by atoms with van der Waals surface area (Å²) >= 11 is 0. The second-order valence-corrected chi connectivity index (χ2v) is 38.5. The van der Waals surface area contributed by atoms with Crippen LogP contribution in [-0.4, -0.2) is 341 Å². The van der Waals surface area contributed by atoms with E-state index in [0.29, 0.717) is 64.2 Å². The highest BCUT2D eigenvalue weighted by atomic mass is 16.8. The largest absolute Gasteiger partial charge is 0.479 e. The molecule has 0 bridgehead atoms. The Kier molecular flexibility index (Phi) is 31.8.